The Morgan fingerprint density at radius 3 is 2.57 bits per heavy atom. The van der Waals surface area contributed by atoms with E-state index in [9.17, 15) is 0 Å². The predicted octanol–water partition coefficient (Wildman–Crippen LogP) is 0.375. The van der Waals surface area contributed by atoms with Crippen molar-refractivity contribution < 1.29 is 0 Å². The molecule has 1 rings (SSSR count). The number of nitrogens with two attached hydrogens (primary N) is 1. The van der Waals surface area contributed by atoms with Crippen molar-refractivity contribution >= 4 is 5.71 Å². The van der Waals surface area contributed by atoms with Gasteiger partial charge in [0.1, 0.15) is 0 Å². The fourth-order valence-electron chi connectivity index (χ4n) is 0.684. The van der Waals surface area contributed by atoms with E-state index in [1.807, 2.05) is 0 Å². The molecule has 1 saturated carbocycles. The average molecular weight is 98.1 g/mol. The Morgan fingerprint density at radius 1 is 1.86 bits per heavy atom. The number of hydrogen-bond donors (Lipinski definition) is 2. The van der Waals surface area contributed by atoms with Crippen molar-refractivity contribution in [1.29, 1.82) is 5.41 Å². The molecule has 2 nitrogen and oxygen atoms in total. The van der Waals surface area contributed by atoms with Crippen LogP contribution >= 0.6 is 0 Å². The molecule has 1 aliphatic rings. The summed E-state index contributed by atoms with van der Waals surface area (Å²) >= 11 is 0. The molecule has 1 atom stereocenters. The van der Waals surface area contributed by atoms with Gasteiger partial charge in [-0.3, -0.25) is 0 Å². The molecule has 0 aromatic carbocycles. The molecule has 0 saturated heterocycles. The molecule has 7 heavy (non-hydrogen) atoms. The van der Waals surface area contributed by atoms with E-state index < -0.39 is 0 Å². The standard InChI is InChI=1S/C5H10N2/c6-2-1-4-3-5(4)7/h4,7H,1-3,6H2. The molecule has 3 N–H and O–H groups in total. The lowest BCUT2D eigenvalue weighted by Crippen LogP contribution is -1.99. The molecule has 40 valence electrons. The van der Waals surface area contributed by atoms with Crippen molar-refractivity contribution in [3.05, 3.63) is 0 Å². The minimum absolute atomic E-state index is 0.574. The molecular weight excluding hydrogens is 88.1 g/mol. The lowest BCUT2D eigenvalue weighted by Gasteiger charge is -1.83. The fourth-order valence-corrected chi connectivity index (χ4v) is 0.684. The van der Waals surface area contributed by atoms with Crippen LogP contribution in [0.15, 0.2) is 0 Å². The lowest BCUT2D eigenvalue weighted by molar-refractivity contribution is 0.771. The Bertz CT molecular complexity index is 88.1. The van der Waals surface area contributed by atoms with Crippen LogP contribution in [-0.2, 0) is 0 Å². The Hall–Kier alpha value is -0.370. The number of rotatable bonds is 2. The molecule has 0 aromatic heterocycles. The zero-order valence-electron chi connectivity index (χ0n) is 4.28. The highest BCUT2D eigenvalue weighted by atomic mass is 14.6. The van der Waals surface area contributed by atoms with Gasteiger partial charge in [0.25, 0.3) is 0 Å². The van der Waals surface area contributed by atoms with Crippen molar-refractivity contribution in [2.24, 2.45) is 11.7 Å². The van der Waals surface area contributed by atoms with Gasteiger partial charge >= 0.3 is 0 Å². The van der Waals surface area contributed by atoms with Crippen molar-refractivity contribution in [2.45, 2.75) is 12.8 Å². The molecule has 0 bridgehead atoms. The first kappa shape index (κ1) is 4.78. The van der Waals surface area contributed by atoms with Gasteiger partial charge in [-0.15, -0.1) is 0 Å². The van der Waals surface area contributed by atoms with E-state index in [2.05, 4.69) is 0 Å². The lowest BCUT2D eigenvalue weighted by atomic mass is 10.3. The summed E-state index contributed by atoms with van der Waals surface area (Å²) in [6.45, 7) is 0.743. The highest BCUT2D eigenvalue weighted by Crippen LogP contribution is 2.26. The fraction of sp³-hybridized carbons (Fsp3) is 0.800. The zero-order chi connectivity index (χ0) is 5.28. The van der Waals surface area contributed by atoms with Crippen molar-refractivity contribution in [3.63, 3.8) is 0 Å². The summed E-state index contributed by atoms with van der Waals surface area (Å²) in [5, 5.41) is 7.02. The van der Waals surface area contributed by atoms with E-state index in [4.69, 9.17) is 11.1 Å². The highest BCUT2D eigenvalue weighted by molar-refractivity contribution is 5.98. The third-order valence-electron chi connectivity index (χ3n) is 1.31. The van der Waals surface area contributed by atoms with Crippen LogP contribution in [0.3, 0.4) is 0 Å². The third kappa shape index (κ3) is 0.996. The number of nitrogens with one attached hydrogen (secondary N) is 1. The quantitative estimate of drug-likeness (QED) is 0.515. The van der Waals surface area contributed by atoms with Crippen LogP contribution in [0.2, 0.25) is 0 Å². The first-order valence-electron chi connectivity index (χ1n) is 2.62. The second-order valence-corrected chi connectivity index (χ2v) is 2.00. The number of hydrogen-bond acceptors (Lipinski definition) is 2. The van der Waals surface area contributed by atoms with Gasteiger partial charge in [0, 0.05) is 11.6 Å². The van der Waals surface area contributed by atoms with Crippen LogP contribution in [0.1, 0.15) is 12.8 Å². The molecule has 1 fully saturated rings. The third-order valence-corrected chi connectivity index (χ3v) is 1.31. The van der Waals surface area contributed by atoms with E-state index >= 15 is 0 Å². The average Bonchev–Trinajstić information content (AvgIpc) is 2.22. The monoisotopic (exact) mass is 98.1 g/mol. The summed E-state index contributed by atoms with van der Waals surface area (Å²) in [5.41, 5.74) is 6.13. The summed E-state index contributed by atoms with van der Waals surface area (Å²) in [5.74, 6) is 0.574. The van der Waals surface area contributed by atoms with Gasteiger partial charge in [0.05, 0.1) is 0 Å². The van der Waals surface area contributed by atoms with Crippen LogP contribution in [0.25, 0.3) is 0 Å². The summed E-state index contributed by atoms with van der Waals surface area (Å²) in [4.78, 5) is 0. The van der Waals surface area contributed by atoms with Crippen molar-refractivity contribution in [2.75, 3.05) is 6.54 Å². The van der Waals surface area contributed by atoms with Gasteiger partial charge < -0.3 is 11.1 Å². The summed E-state index contributed by atoms with van der Waals surface area (Å²) in [6, 6.07) is 0. The van der Waals surface area contributed by atoms with Gasteiger partial charge in [-0.2, -0.15) is 0 Å². The summed E-state index contributed by atoms with van der Waals surface area (Å²) < 4.78 is 0. The predicted molar refractivity (Wildman–Crippen MR) is 29.5 cm³/mol. The molecular formula is C5H10N2. The second-order valence-electron chi connectivity index (χ2n) is 2.00. The molecule has 0 heterocycles. The normalized spacial score (nSPS) is 28.1. The van der Waals surface area contributed by atoms with Gasteiger partial charge in [-0.25, -0.2) is 0 Å². The van der Waals surface area contributed by atoms with Crippen LogP contribution in [0.5, 0.6) is 0 Å². The van der Waals surface area contributed by atoms with Crippen LogP contribution < -0.4 is 5.73 Å². The molecule has 0 spiro atoms. The summed E-state index contributed by atoms with van der Waals surface area (Å²) in [6.07, 6.45) is 2.04. The maximum Gasteiger partial charge on any atom is 0.0131 e. The molecule has 0 aliphatic heterocycles. The van der Waals surface area contributed by atoms with E-state index in [-0.39, 0.29) is 0 Å². The molecule has 0 amide bonds. The molecule has 2 heteroatoms. The first-order chi connectivity index (χ1) is 3.34. The maximum absolute atomic E-state index is 7.02. The second kappa shape index (κ2) is 1.62. The Labute approximate surface area is 43.2 Å². The molecule has 0 aromatic rings. The summed E-state index contributed by atoms with van der Waals surface area (Å²) in [7, 11) is 0. The van der Waals surface area contributed by atoms with Gasteiger partial charge in [-0.05, 0) is 19.4 Å². The Morgan fingerprint density at radius 2 is 2.43 bits per heavy atom. The smallest absolute Gasteiger partial charge is 0.0131 e. The van der Waals surface area contributed by atoms with Gasteiger partial charge in [-0.1, -0.05) is 0 Å². The van der Waals surface area contributed by atoms with Crippen LogP contribution in [0, 0.1) is 11.3 Å². The van der Waals surface area contributed by atoms with Crippen LogP contribution in [-0.4, -0.2) is 12.3 Å². The Kier molecular flexibility index (Phi) is 1.11. The largest absolute Gasteiger partial charge is 0.330 e. The SMILES string of the molecule is N=C1CC1CCN. The maximum atomic E-state index is 7.02. The molecule has 1 unspecified atom stereocenters. The Balaban J connectivity index is 2.09. The molecule has 0 radical (unpaired) electrons. The van der Waals surface area contributed by atoms with E-state index in [1.165, 1.54) is 0 Å². The van der Waals surface area contributed by atoms with Gasteiger partial charge in [0.2, 0.25) is 0 Å². The minimum Gasteiger partial charge on any atom is -0.330 e. The van der Waals surface area contributed by atoms with Crippen LogP contribution in [0.4, 0.5) is 0 Å². The first-order valence-corrected chi connectivity index (χ1v) is 2.62. The van der Waals surface area contributed by atoms with Gasteiger partial charge in [0.15, 0.2) is 0 Å². The van der Waals surface area contributed by atoms with Crippen molar-refractivity contribution in [1.82, 2.24) is 0 Å². The highest BCUT2D eigenvalue weighted by Gasteiger charge is 2.28. The van der Waals surface area contributed by atoms with E-state index in [1.54, 1.807) is 0 Å². The zero-order valence-corrected chi connectivity index (χ0v) is 4.28. The van der Waals surface area contributed by atoms with E-state index in [0.717, 1.165) is 25.1 Å². The van der Waals surface area contributed by atoms with Crippen molar-refractivity contribution in [3.8, 4) is 0 Å². The van der Waals surface area contributed by atoms with E-state index in [0.29, 0.717) is 5.92 Å². The minimum atomic E-state index is 0.574. The topological polar surface area (TPSA) is 49.9 Å². The molecule has 1 aliphatic carbocycles.